The Labute approximate surface area is 102 Å². The summed E-state index contributed by atoms with van der Waals surface area (Å²) in [4.78, 5) is 4.51. The average molecular weight is 236 g/mol. The fraction of sp³-hybridized carbons (Fsp3) is 0.615. The van der Waals surface area contributed by atoms with Gasteiger partial charge in [-0.1, -0.05) is 19.4 Å². The number of aromatic nitrogens is 1. The monoisotopic (exact) mass is 236 g/mol. The van der Waals surface area contributed by atoms with E-state index in [2.05, 4.69) is 41.1 Å². The van der Waals surface area contributed by atoms with E-state index in [4.69, 9.17) is 0 Å². The second-order valence-corrected chi connectivity index (χ2v) is 5.86. The number of nitrogens with one attached hydrogen (secondary N) is 1. The topological polar surface area (TPSA) is 24.9 Å². The summed E-state index contributed by atoms with van der Waals surface area (Å²) in [5.74, 6) is 2.25. The summed E-state index contributed by atoms with van der Waals surface area (Å²) in [5.41, 5.74) is 1.09. The van der Waals surface area contributed by atoms with Crippen molar-refractivity contribution in [2.75, 3.05) is 11.1 Å². The van der Waals surface area contributed by atoms with Crippen molar-refractivity contribution in [3.05, 3.63) is 23.9 Å². The van der Waals surface area contributed by atoms with Gasteiger partial charge in [0, 0.05) is 17.0 Å². The number of hydrogen-bond donors (Lipinski definition) is 1. The van der Waals surface area contributed by atoms with Crippen LogP contribution in [-0.2, 0) is 0 Å². The Morgan fingerprint density at radius 2 is 2.31 bits per heavy atom. The Hall–Kier alpha value is -0.700. The molecule has 1 fully saturated rings. The minimum atomic E-state index is 0.610. The minimum absolute atomic E-state index is 0.610. The molecule has 0 aromatic carbocycles. The van der Waals surface area contributed by atoms with Crippen LogP contribution in [0.5, 0.6) is 0 Å². The summed E-state index contributed by atoms with van der Waals surface area (Å²) in [6.45, 7) is 4.28. The number of anilines is 1. The summed E-state index contributed by atoms with van der Waals surface area (Å²) < 4.78 is 0. The van der Waals surface area contributed by atoms with Crippen molar-refractivity contribution in [1.29, 1.82) is 0 Å². The quantitative estimate of drug-likeness (QED) is 0.866. The molecule has 0 bridgehead atoms. The fourth-order valence-corrected chi connectivity index (χ4v) is 3.52. The maximum absolute atomic E-state index is 4.51. The lowest BCUT2D eigenvalue weighted by Crippen LogP contribution is -2.26. The molecule has 1 aromatic rings. The minimum Gasteiger partial charge on any atom is -0.366 e. The molecule has 88 valence electrons. The highest BCUT2D eigenvalue weighted by Crippen LogP contribution is 2.31. The predicted molar refractivity (Wildman–Crippen MR) is 72.2 cm³/mol. The molecule has 0 aliphatic heterocycles. The molecule has 0 radical (unpaired) electrons. The third kappa shape index (κ3) is 2.91. The van der Waals surface area contributed by atoms with Crippen molar-refractivity contribution < 1.29 is 0 Å². The Kier molecular flexibility index (Phi) is 4.10. The van der Waals surface area contributed by atoms with Gasteiger partial charge in [0.05, 0.1) is 0 Å². The van der Waals surface area contributed by atoms with E-state index in [1.165, 1.54) is 25.0 Å². The van der Waals surface area contributed by atoms with E-state index >= 15 is 0 Å². The highest BCUT2D eigenvalue weighted by Gasteiger charge is 2.27. The molecule has 1 N–H and O–H groups in total. The van der Waals surface area contributed by atoms with Crippen molar-refractivity contribution in [3.8, 4) is 0 Å². The van der Waals surface area contributed by atoms with Crippen LogP contribution in [0.4, 0.5) is 5.82 Å². The van der Waals surface area contributed by atoms with E-state index in [0.29, 0.717) is 6.04 Å². The molecule has 2 rings (SSSR count). The van der Waals surface area contributed by atoms with Crippen molar-refractivity contribution >= 4 is 17.6 Å². The lowest BCUT2D eigenvalue weighted by atomic mass is 10.2. The van der Waals surface area contributed by atoms with Crippen LogP contribution in [0.3, 0.4) is 0 Å². The molecule has 1 aliphatic rings. The summed E-state index contributed by atoms with van der Waals surface area (Å²) in [6.07, 6.45) is 3.98. The molecule has 1 saturated carbocycles. The van der Waals surface area contributed by atoms with Gasteiger partial charge in [-0.3, -0.25) is 0 Å². The van der Waals surface area contributed by atoms with E-state index in [9.17, 15) is 0 Å². The number of hydrogen-bond acceptors (Lipinski definition) is 3. The van der Waals surface area contributed by atoms with Gasteiger partial charge in [-0.05, 0) is 37.7 Å². The molecular formula is C13H20N2S. The average Bonchev–Trinajstić information content (AvgIpc) is 2.66. The van der Waals surface area contributed by atoms with Gasteiger partial charge in [-0.2, -0.15) is 11.8 Å². The maximum Gasteiger partial charge on any atom is 0.126 e. The van der Waals surface area contributed by atoms with Crippen LogP contribution >= 0.6 is 11.8 Å². The van der Waals surface area contributed by atoms with Gasteiger partial charge in [0.2, 0.25) is 0 Å². The van der Waals surface area contributed by atoms with Crippen LogP contribution in [0.2, 0.25) is 0 Å². The molecule has 1 aromatic heterocycles. The van der Waals surface area contributed by atoms with Gasteiger partial charge in [0.25, 0.3) is 0 Å². The number of nitrogens with zero attached hydrogens (tertiary/aromatic N) is 1. The zero-order valence-corrected chi connectivity index (χ0v) is 10.9. The molecule has 0 spiro atoms. The first kappa shape index (κ1) is 11.8. The Balaban J connectivity index is 1.98. The van der Waals surface area contributed by atoms with Crippen LogP contribution in [0.25, 0.3) is 0 Å². The van der Waals surface area contributed by atoms with E-state index < -0.39 is 0 Å². The van der Waals surface area contributed by atoms with Gasteiger partial charge >= 0.3 is 0 Å². The molecule has 2 unspecified atom stereocenters. The Morgan fingerprint density at radius 3 is 3.06 bits per heavy atom. The first-order valence-corrected chi connectivity index (χ1v) is 7.16. The first-order valence-electron chi connectivity index (χ1n) is 6.11. The zero-order valence-electron chi connectivity index (χ0n) is 10.1. The van der Waals surface area contributed by atoms with Crippen LogP contribution in [0, 0.1) is 6.92 Å². The largest absolute Gasteiger partial charge is 0.366 e. The normalized spacial score (nSPS) is 24.6. The van der Waals surface area contributed by atoms with E-state index in [1.54, 1.807) is 0 Å². The number of thioether (sulfide) groups is 1. The van der Waals surface area contributed by atoms with E-state index in [0.717, 1.165) is 16.8 Å². The van der Waals surface area contributed by atoms with Gasteiger partial charge in [0.15, 0.2) is 0 Å². The molecule has 0 amide bonds. The van der Waals surface area contributed by atoms with E-state index in [1.807, 2.05) is 13.0 Å². The Morgan fingerprint density at radius 1 is 1.44 bits per heavy atom. The summed E-state index contributed by atoms with van der Waals surface area (Å²) in [7, 11) is 0. The van der Waals surface area contributed by atoms with Crippen LogP contribution in [-0.4, -0.2) is 22.0 Å². The molecule has 2 nitrogen and oxygen atoms in total. The number of pyridine rings is 1. The number of rotatable bonds is 4. The van der Waals surface area contributed by atoms with Gasteiger partial charge in [0.1, 0.15) is 5.82 Å². The zero-order chi connectivity index (χ0) is 11.4. The van der Waals surface area contributed by atoms with Crippen LogP contribution in [0.15, 0.2) is 18.2 Å². The third-order valence-corrected chi connectivity index (χ3v) is 4.38. The molecule has 1 heterocycles. The molecule has 3 heteroatoms. The fourth-order valence-electron chi connectivity index (χ4n) is 2.32. The van der Waals surface area contributed by atoms with E-state index in [-0.39, 0.29) is 0 Å². The molecular weight excluding hydrogens is 216 g/mol. The molecule has 1 aliphatic carbocycles. The van der Waals surface area contributed by atoms with Crippen LogP contribution in [0.1, 0.15) is 31.9 Å². The van der Waals surface area contributed by atoms with Gasteiger partial charge < -0.3 is 5.32 Å². The van der Waals surface area contributed by atoms with Gasteiger partial charge in [-0.25, -0.2) is 4.98 Å². The van der Waals surface area contributed by atoms with Crippen molar-refractivity contribution in [3.63, 3.8) is 0 Å². The maximum atomic E-state index is 4.51. The lowest BCUT2D eigenvalue weighted by Gasteiger charge is -2.20. The summed E-state index contributed by atoms with van der Waals surface area (Å²) in [5, 5.41) is 4.36. The number of aryl methyl sites for hydroxylation is 1. The standard InChI is InChI=1S/C13H20N2S/c1-3-16-12-8-5-7-11(12)15-13-9-4-6-10(2)14-13/h4,6,9,11-12H,3,5,7-8H2,1-2H3,(H,14,15). The molecule has 0 saturated heterocycles. The van der Waals surface area contributed by atoms with Crippen LogP contribution < -0.4 is 5.32 Å². The van der Waals surface area contributed by atoms with Crippen molar-refractivity contribution in [2.45, 2.75) is 44.4 Å². The SMILES string of the molecule is CCSC1CCCC1Nc1cccc(C)n1. The second kappa shape index (κ2) is 5.58. The first-order chi connectivity index (χ1) is 7.79. The molecule has 16 heavy (non-hydrogen) atoms. The van der Waals surface area contributed by atoms with Gasteiger partial charge in [-0.15, -0.1) is 0 Å². The van der Waals surface area contributed by atoms with Crippen molar-refractivity contribution in [2.24, 2.45) is 0 Å². The van der Waals surface area contributed by atoms with Crippen molar-refractivity contribution in [1.82, 2.24) is 4.98 Å². The molecule has 2 atom stereocenters. The second-order valence-electron chi connectivity index (χ2n) is 4.34. The predicted octanol–water partition coefficient (Wildman–Crippen LogP) is 3.48. The highest BCUT2D eigenvalue weighted by atomic mass is 32.2. The lowest BCUT2D eigenvalue weighted by molar-refractivity contribution is 0.762. The third-order valence-electron chi connectivity index (χ3n) is 3.05. The summed E-state index contributed by atoms with van der Waals surface area (Å²) >= 11 is 2.08. The highest BCUT2D eigenvalue weighted by molar-refractivity contribution is 7.99. The Bertz CT molecular complexity index is 340. The smallest absolute Gasteiger partial charge is 0.126 e. The summed E-state index contributed by atoms with van der Waals surface area (Å²) in [6, 6.07) is 6.79.